The second-order valence-electron chi connectivity index (χ2n) is 6.80. The molecule has 1 aromatic rings. The Balaban J connectivity index is 1.75. The maximum atomic E-state index is 4.99. The minimum absolute atomic E-state index is 0.538. The number of anilines is 1. The summed E-state index contributed by atoms with van der Waals surface area (Å²) in [7, 11) is 2.22. The van der Waals surface area contributed by atoms with Crippen molar-refractivity contribution in [2.75, 3.05) is 11.9 Å². The van der Waals surface area contributed by atoms with Crippen molar-refractivity contribution >= 4 is 16.5 Å². The van der Waals surface area contributed by atoms with Gasteiger partial charge in [0.2, 0.25) is 0 Å². The van der Waals surface area contributed by atoms with Gasteiger partial charge >= 0.3 is 0 Å². The first kappa shape index (κ1) is 14.3. The van der Waals surface area contributed by atoms with Crippen molar-refractivity contribution in [3.8, 4) is 0 Å². The third-order valence-corrected chi connectivity index (χ3v) is 5.73. The molecular formula is C16H27N3S. The van der Waals surface area contributed by atoms with Crippen LogP contribution in [0.25, 0.3) is 0 Å². The van der Waals surface area contributed by atoms with Crippen LogP contribution in [0.5, 0.6) is 0 Å². The molecule has 3 rings (SSSR count). The quantitative estimate of drug-likeness (QED) is 0.830. The molecule has 1 N–H and O–H groups in total. The lowest BCUT2D eigenvalue weighted by Crippen LogP contribution is -2.30. The van der Waals surface area contributed by atoms with E-state index in [1.54, 1.807) is 0 Å². The van der Waals surface area contributed by atoms with Crippen LogP contribution in [-0.4, -0.2) is 24.1 Å². The van der Waals surface area contributed by atoms with E-state index >= 15 is 0 Å². The number of hydrogen-bond acceptors (Lipinski definition) is 4. The summed E-state index contributed by atoms with van der Waals surface area (Å²) in [4.78, 5) is 8.86. The number of nitrogens with zero attached hydrogens (tertiary/aromatic N) is 2. The lowest BCUT2D eigenvalue weighted by molar-refractivity contribution is 0.590. The van der Waals surface area contributed by atoms with Crippen LogP contribution in [0.3, 0.4) is 0 Å². The summed E-state index contributed by atoms with van der Waals surface area (Å²) in [5.41, 5.74) is 1.38. The van der Waals surface area contributed by atoms with Gasteiger partial charge in [0.25, 0.3) is 0 Å². The zero-order chi connectivity index (χ0) is 14.3. The summed E-state index contributed by atoms with van der Waals surface area (Å²) < 4.78 is 0. The summed E-state index contributed by atoms with van der Waals surface area (Å²) >= 11 is 1.90. The predicted molar refractivity (Wildman–Crippen MR) is 86.7 cm³/mol. The standard InChI is InChI=1S/C16H27N3S/c1-10(2)17-9-14-15(13-7-8-13)18-16(20-14)19(4)11(3)12-5-6-12/h10-13,17H,5-9H2,1-4H3. The van der Waals surface area contributed by atoms with Gasteiger partial charge in [-0.05, 0) is 38.5 Å². The van der Waals surface area contributed by atoms with E-state index in [0.29, 0.717) is 12.1 Å². The van der Waals surface area contributed by atoms with E-state index in [1.165, 1.54) is 41.4 Å². The van der Waals surface area contributed by atoms with Crippen LogP contribution in [-0.2, 0) is 6.54 Å². The van der Waals surface area contributed by atoms with Crippen LogP contribution in [0.1, 0.15) is 62.9 Å². The molecule has 3 nitrogen and oxygen atoms in total. The van der Waals surface area contributed by atoms with Crippen LogP contribution >= 0.6 is 11.3 Å². The normalized spacial score (nSPS) is 20.4. The van der Waals surface area contributed by atoms with Crippen molar-refractivity contribution in [1.29, 1.82) is 0 Å². The summed E-state index contributed by atoms with van der Waals surface area (Å²) in [6.45, 7) is 7.74. The smallest absolute Gasteiger partial charge is 0.185 e. The second kappa shape index (κ2) is 5.64. The van der Waals surface area contributed by atoms with Crippen LogP contribution < -0.4 is 10.2 Å². The summed E-state index contributed by atoms with van der Waals surface area (Å²) in [6, 6.07) is 1.18. The first-order valence-corrected chi connectivity index (χ1v) is 8.83. The number of thiazole rings is 1. The maximum Gasteiger partial charge on any atom is 0.185 e. The Morgan fingerprint density at radius 3 is 2.50 bits per heavy atom. The largest absolute Gasteiger partial charge is 0.348 e. The minimum atomic E-state index is 0.538. The number of aromatic nitrogens is 1. The number of hydrogen-bond donors (Lipinski definition) is 1. The van der Waals surface area contributed by atoms with Crippen molar-refractivity contribution < 1.29 is 0 Å². The number of rotatable bonds is 7. The Labute approximate surface area is 126 Å². The van der Waals surface area contributed by atoms with Crippen molar-refractivity contribution in [3.63, 3.8) is 0 Å². The molecule has 1 heterocycles. The van der Waals surface area contributed by atoms with Gasteiger partial charge < -0.3 is 10.2 Å². The van der Waals surface area contributed by atoms with Gasteiger partial charge in [-0.25, -0.2) is 4.98 Å². The zero-order valence-electron chi connectivity index (χ0n) is 13.1. The van der Waals surface area contributed by atoms with Gasteiger partial charge in [-0.15, -0.1) is 11.3 Å². The van der Waals surface area contributed by atoms with Gasteiger partial charge in [0.05, 0.1) is 5.69 Å². The Hall–Kier alpha value is -0.610. The van der Waals surface area contributed by atoms with E-state index in [2.05, 4.69) is 38.0 Å². The fraction of sp³-hybridized carbons (Fsp3) is 0.812. The molecule has 2 saturated carbocycles. The summed E-state index contributed by atoms with van der Waals surface area (Å²) in [5, 5.41) is 4.78. The Morgan fingerprint density at radius 2 is 1.95 bits per heavy atom. The molecule has 2 aliphatic rings. The minimum Gasteiger partial charge on any atom is -0.348 e. The van der Waals surface area contributed by atoms with Gasteiger partial charge in [-0.3, -0.25) is 0 Å². The van der Waals surface area contributed by atoms with E-state index in [9.17, 15) is 0 Å². The molecule has 0 aromatic carbocycles. The fourth-order valence-corrected chi connectivity index (χ4v) is 3.82. The average Bonchev–Trinajstić information content (AvgIpc) is 3.31. The highest BCUT2D eigenvalue weighted by Gasteiger charge is 2.34. The van der Waals surface area contributed by atoms with Crippen LogP contribution in [0.2, 0.25) is 0 Å². The molecule has 1 aromatic heterocycles. The van der Waals surface area contributed by atoms with E-state index in [4.69, 9.17) is 4.98 Å². The van der Waals surface area contributed by atoms with Gasteiger partial charge in [-0.1, -0.05) is 13.8 Å². The Morgan fingerprint density at radius 1 is 1.25 bits per heavy atom. The van der Waals surface area contributed by atoms with E-state index in [0.717, 1.165) is 18.4 Å². The summed E-state index contributed by atoms with van der Waals surface area (Å²) in [5.74, 6) is 1.64. The first-order chi connectivity index (χ1) is 9.56. The maximum absolute atomic E-state index is 4.99. The lowest BCUT2D eigenvalue weighted by Gasteiger charge is -2.23. The van der Waals surface area contributed by atoms with Crippen LogP contribution in [0.4, 0.5) is 5.13 Å². The van der Waals surface area contributed by atoms with Crippen molar-refractivity contribution in [2.24, 2.45) is 5.92 Å². The average molecular weight is 293 g/mol. The molecule has 0 aliphatic heterocycles. The first-order valence-electron chi connectivity index (χ1n) is 8.02. The molecule has 0 bridgehead atoms. The van der Waals surface area contributed by atoms with Crippen molar-refractivity contribution in [1.82, 2.24) is 10.3 Å². The summed E-state index contributed by atoms with van der Waals surface area (Å²) in [6.07, 6.45) is 5.46. The molecule has 4 heteroatoms. The highest BCUT2D eigenvalue weighted by Crippen LogP contribution is 2.45. The molecule has 0 spiro atoms. The molecule has 0 radical (unpaired) electrons. The Kier molecular flexibility index (Phi) is 4.04. The third kappa shape index (κ3) is 3.17. The molecule has 1 unspecified atom stereocenters. The molecule has 1 atom stereocenters. The monoisotopic (exact) mass is 293 g/mol. The van der Waals surface area contributed by atoms with Gasteiger partial charge in [0.1, 0.15) is 0 Å². The van der Waals surface area contributed by atoms with Crippen LogP contribution in [0.15, 0.2) is 0 Å². The molecule has 112 valence electrons. The lowest BCUT2D eigenvalue weighted by atomic mass is 10.2. The SMILES string of the molecule is CC(C)NCc1sc(N(C)C(C)C2CC2)nc1C1CC1. The van der Waals surface area contributed by atoms with Crippen LogP contribution in [0, 0.1) is 5.92 Å². The molecular weight excluding hydrogens is 266 g/mol. The van der Waals surface area contributed by atoms with E-state index < -0.39 is 0 Å². The highest BCUT2D eigenvalue weighted by atomic mass is 32.1. The Bertz CT molecular complexity index is 460. The molecule has 2 aliphatic carbocycles. The molecule has 2 fully saturated rings. The van der Waals surface area contributed by atoms with E-state index in [1.807, 2.05) is 11.3 Å². The van der Waals surface area contributed by atoms with E-state index in [-0.39, 0.29) is 0 Å². The van der Waals surface area contributed by atoms with Gasteiger partial charge in [0.15, 0.2) is 5.13 Å². The molecule has 0 amide bonds. The van der Waals surface area contributed by atoms with Crippen molar-refractivity contribution in [2.45, 2.75) is 71.0 Å². The number of nitrogens with one attached hydrogen (secondary N) is 1. The second-order valence-corrected chi connectivity index (χ2v) is 7.87. The molecule has 0 saturated heterocycles. The van der Waals surface area contributed by atoms with Gasteiger partial charge in [-0.2, -0.15) is 0 Å². The highest BCUT2D eigenvalue weighted by molar-refractivity contribution is 7.15. The van der Waals surface area contributed by atoms with Crippen molar-refractivity contribution in [3.05, 3.63) is 10.6 Å². The van der Waals surface area contributed by atoms with Gasteiger partial charge in [0, 0.05) is 36.5 Å². The molecule has 20 heavy (non-hydrogen) atoms. The zero-order valence-corrected chi connectivity index (χ0v) is 14.0. The third-order valence-electron chi connectivity index (χ3n) is 4.57. The predicted octanol–water partition coefficient (Wildman–Crippen LogP) is 3.75. The topological polar surface area (TPSA) is 28.2 Å². The fourth-order valence-electron chi connectivity index (χ4n) is 2.67.